The third-order valence-corrected chi connectivity index (χ3v) is 23.5. The van der Waals surface area contributed by atoms with Gasteiger partial charge in [-0.25, -0.2) is 0 Å². The van der Waals surface area contributed by atoms with Crippen LogP contribution in [0.15, 0.2) is 485 Å². The zero-order chi connectivity index (χ0) is 95.2. The van der Waals surface area contributed by atoms with E-state index in [1.165, 1.54) is 44.5 Å². The van der Waals surface area contributed by atoms with E-state index < -0.39 is 69.9 Å². The van der Waals surface area contributed by atoms with Gasteiger partial charge in [0.05, 0.1) is 22.2 Å². The molecule has 0 unspecified atom stereocenters. The number of benzene rings is 16. The maximum Gasteiger partial charge on any atom is 2.00 e. The van der Waals surface area contributed by atoms with Crippen molar-refractivity contribution in [2.24, 2.45) is 22.9 Å². The molecule has 4 saturated heterocycles. The molecule has 4 aliphatic rings. The number of amides is 12. The summed E-state index contributed by atoms with van der Waals surface area (Å²) in [5, 5.41) is 24.8. The number of rotatable bonds is 20. The molecule has 4 heterocycles. The summed E-state index contributed by atoms with van der Waals surface area (Å²) in [5.74, 6) is -0.658. The van der Waals surface area contributed by atoms with E-state index in [4.69, 9.17) is 22.9 Å². The van der Waals surface area contributed by atoms with Crippen molar-refractivity contribution < 1.29 is 72.5 Å². The summed E-state index contributed by atoms with van der Waals surface area (Å²) in [6.07, 6.45) is 0. The van der Waals surface area contributed by atoms with Gasteiger partial charge in [-0.05, 0) is 89.0 Å². The summed E-state index contributed by atoms with van der Waals surface area (Å²) < 4.78 is 0. The first kappa shape index (κ1) is 103. The van der Waals surface area contributed by atoms with E-state index in [0.29, 0.717) is 94.4 Å². The Balaban J connectivity index is 0.000000151. The third kappa shape index (κ3) is 25.2. The summed E-state index contributed by atoms with van der Waals surface area (Å²) in [4.78, 5) is 95.1. The maximum atomic E-state index is 12.3. The van der Waals surface area contributed by atoms with Crippen LogP contribution in [-0.2, 0) is 75.5 Å². The molecule has 0 aliphatic carbocycles. The van der Waals surface area contributed by atoms with Crippen LogP contribution in [0, 0.1) is 0 Å². The molecule has 20 rings (SSSR count). The Bertz CT molecular complexity index is 5350. The van der Waals surface area contributed by atoms with Crippen LogP contribution in [0.2, 0.25) is 0 Å². The van der Waals surface area contributed by atoms with Gasteiger partial charge in [0, 0.05) is 49.9 Å². The van der Waals surface area contributed by atoms with Crippen molar-refractivity contribution in [2.75, 3.05) is 26.2 Å². The fourth-order valence-corrected chi connectivity index (χ4v) is 16.7. The van der Waals surface area contributed by atoms with Crippen LogP contribution >= 0.6 is 0 Å². The van der Waals surface area contributed by atoms with Crippen molar-refractivity contribution in [2.45, 2.75) is 45.8 Å². The SMILES string of the molecule is NCC(c1ccccc1)c1ccccc1.NCC(c1ccccc1)c1ccccc1.NCC(c1ccccc1)c1ccccc1.NCC(c1ccccc1)c1ccccc1.O=C1[N-]C(=O)C(c2ccccc2)(c2ccccc2)N1.O=C1[N-]C(=O)C(c2ccccc2)(c2ccccc2)N1.O=C1[N-]C(=O)C(c2ccccc2)(c2ccccc2)N1.O=C1[N-]C(=O)C(c2ccccc2)(c2ccccc2)N1.[Cu+2].[Cu+2]. The van der Waals surface area contributed by atoms with E-state index >= 15 is 0 Å². The number of carbonyl (C=O) groups is 8. The van der Waals surface area contributed by atoms with E-state index in [9.17, 15) is 38.4 Å². The van der Waals surface area contributed by atoms with Gasteiger partial charge in [-0.3, -0.25) is 38.4 Å². The number of imide groups is 4. The van der Waals surface area contributed by atoms with E-state index in [1.807, 2.05) is 291 Å². The fraction of sp³-hybridized carbons (Fsp3) is 0.103. The van der Waals surface area contributed by atoms with E-state index in [1.54, 1.807) is 0 Å². The van der Waals surface area contributed by atoms with Gasteiger partial charge in [0.2, 0.25) is 0 Å². The Morgan fingerprint density at radius 3 is 0.341 bits per heavy atom. The summed E-state index contributed by atoms with van der Waals surface area (Å²) in [6.45, 7) is 2.59. The number of nitrogens with one attached hydrogen (secondary N) is 4. The van der Waals surface area contributed by atoms with E-state index in [-0.39, 0.29) is 34.1 Å². The zero-order valence-electron chi connectivity index (χ0n) is 75.3. The second kappa shape index (κ2) is 51.6. The number of hydrogen-bond donors (Lipinski definition) is 8. The molecule has 22 heteroatoms. The number of urea groups is 4. The van der Waals surface area contributed by atoms with Gasteiger partial charge in [0.25, 0.3) is 0 Å². The van der Waals surface area contributed by atoms with Crippen LogP contribution in [0.25, 0.3) is 21.3 Å². The second-order valence-electron chi connectivity index (χ2n) is 31.8. The van der Waals surface area contributed by atoms with Crippen LogP contribution < -0.4 is 44.2 Å². The van der Waals surface area contributed by atoms with E-state index in [2.05, 4.69) is 237 Å². The predicted molar refractivity (Wildman–Crippen MR) is 537 cm³/mol. The van der Waals surface area contributed by atoms with Crippen molar-refractivity contribution in [3.8, 4) is 0 Å². The van der Waals surface area contributed by atoms with Crippen LogP contribution in [0.1, 0.15) is 113 Å². The first-order valence-electron chi connectivity index (χ1n) is 44.6. The molecule has 0 spiro atoms. The minimum Gasteiger partial charge on any atom is -0.430 e. The fourth-order valence-electron chi connectivity index (χ4n) is 16.7. The van der Waals surface area contributed by atoms with Gasteiger partial charge in [-0.15, -0.1) is 0 Å². The molecular weight excluding hydrogens is 1820 g/mol. The molecule has 138 heavy (non-hydrogen) atoms. The normalized spacial score (nSPS) is 13.9. The van der Waals surface area contributed by atoms with Crippen molar-refractivity contribution in [3.63, 3.8) is 0 Å². The van der Waals surface area contributed by atoms with Gasteiger partial charge in [0.1, 0.15) is 0 Å². The number of hydrogen-bond acceptors (Lipinski definition) is 12. The Labute approximate surface area is 826 Å². The monoisotopic (exact) mass is 1920 g/mol. The molecule has 0 saturated carbocycles. The zero-order valence-corrected chi connectivity index (χ0v) is 77.2. The molecular formula is C116H104Cu2N12O8. The molecule has 16 aromatic carbocycles. The quantitative estimate of drug-likeness (QED) is 0.0261. The summed E-state index contributed by atoms with van der Waals surface area (Å²) in [5.41, 5.74) is 34.5. The van der Waals surface area contributed by atoms with Gasteiger partial charge in [-0.1, -0.05) is 485 Å². The van der Waals surface area contributed by atoms with Crippen molar-refractivity contribution in [1.82, 2.24) is 21.3 Å². The molecule has 12 amide bonds. The second-order valence-corrected chi connectivity index (χ2v) is 31.8. The first-order chi connectivity index (χ1) is 66.6. The third-order valence-electron chi connectivity index (χ3n) is 23.5. The molecule has 0 aromatic heterocycles. The number of carbonyl (C=O) groups excluding carboxylic acids is 8. The number of nitrogens with zero attached hydrogens (tertiary/aromatic N) is 4. The van der Waals surface area contributed by atoms with Crippen LogP contribution in [0.4, 0.5) is 19.2 Å². The van der Waals surface area contributed by atoms with Gasteiger partial charge < -0.3 is 65.5 Å². The average molecular weight is 1920 g/mol. The van der Waals surface area contributed by atoms with Crippen LogP contribution in [0.5, 0.6) is 0 Å². The Hall–Kier alpha value is -15.8. The minimum atomic E-state index is -1.19. The largest absolute Gasteiger partial charge is 2.00 e. The average Bonchev–Trinajstić information content (AvgIpc) is 1.60. The predicted octanol–water partition coefficient (Wildman–Crippen LogP) is 21.3. The first-order valence-corrected chi connectivity index (χ1v) is 44.6. The number of nitrogens with two attached hydrogens (primary N) is 4. The van der Waals surface area contributed by atoms with Gasteiger partial charge >= 0.3 is 34.1 Å². The molecule has 20 nitrogen and oxygen atoms in total. The van der Waals surface area contributed by atoms with Crippen molar-refractivity contribution >= 4 is 47.8 Å². The van der Waals surface area contributed by atoms with Crippen LogP contribution in [0.3, 0.4) is 0 Å². The van der Waals surface area contributed by atoms with Crippen LogP contribution in [-0.4, -0.2) is 73.9 Å². The van der Waals surface area contributed by atoms with E-state index in [0.717, 1.165) is 0 Å². The van der Waals surface area contributed by atoms with Crippen molar-refractivity contribution in [3.05, 3.63) is 596 Å². The van der Waals surface area contributed by atoms with Gasteiger partial charge in [-0.2, -0.15) is 0 Å². The standard InChI is InChI=1S/4C15H12N2O2.4C14H15N.2Cu/c4*18-13-15(17-14(19)16-13,11-7-3-1-4-8-11)12-9-5-2-6-10-12;4*15-11-14(12-7-3-1-4-8-12)13-9-5-2-6-10-13;;/h4*1-10H,(H2,16,17,18,19);4*1-10,14H,11,15H2;;/q;;;;;;;;2*+2/p-4. The molecule has 0 bridgehead atoms. The topological polar surface area (TPSA) is 345 Å². The smallest absolute Gasteiger partial charge is 0.430 e. The molecule has 16 aromatic rings. The minimum absolute atomic E-state index is 0. The summed E-state index contributed by atoms with van der Waals surface area (Å²) in [6, 6.07) is 154. The maximum absolute atomic E-state index is 12.3. The summed E-state index contributed by atoms with van der Waals surface area (Å²) in [7, 11) is 0. The van der Waals surface area contributed by atoms with Gasteiger partial charge in [0.15, 0.2) is 47.8 Å². The summed E-state index contributed by atoms with van der Waals surface area (Å²) >= 11 is 0. The van der Waals surface area contributed by atoms with Crippen molar-refractivity contribution in [1.29, 1.82) is 0 Å². The Kier molecular flexibility index (Phi) is 38.4. The molecule has 12 N–H and O–H groups in total. The molecule has 698 valence electrons. The molecule has 4 fully saturated rings. The Morgan fingerprint density at radius 1 is 0.167 bits per heavy atom. The molecule has 2 radical (unpaired) electrons. The molecule has 0 atom stereocenters. The Morgan fingerprint density at radius 2 is 0.261 bits per heavy atom. The molecule has 4 aliphatic heterocycles.